The molecule has 2 aromatic carbocycles. The van der Waals surface area contributed by atoms with Crippen molar-refractivity contribution in [2.24, 2.45) is 0 Å². The Morgan fingerprint density at radius 3 is 1.82 bits per heavy atom. The molecule has 1 N–H and O–H groups in total. The van der Waals surface area contributed by atoms with Crippen molar-refractivity contribution in [1.29, 1.82) is 0 Å². The Labute approximate surface area is 325 Å². The van der Waals surface area contributed by atoms with Gasteiger partial charge in [0, 0.05) is 107 Å². The predicted octanol–water partition coefficient (Wildman–Crippen LogP) is 6.81. The minimum atomic E-state index is -5.72. The lowest BCUT2D eigenvalue weighted by molar-refractivity contribution is -0.308. The van der Waals surface area contributed by atoms with Crippen molar-refractivity contribution in [1.82, 2.24) is 19.6 Å². The molecule has 0 aliphatic carbocycles. The third-order valence-electron chi connectivity index (χ3n) is 10.3. The van der Waals surface area contributed by atoms with E-state index in [9.17, 15) is 35.9 Å². The fourth-order valence-corrected chi connectivity index (χ4v) is 7.49. The topological polar surface area (TPSA) is 92.3 Å². The van der Waals surface area contributed by atoms with Crippen LogP contribution < -0.4 is 9.80 Å². The quantitative estimate of drug-likeness (QED) is 0.302. The average Bonchev–Trinajstić information content (AvgIpc) is 3.16. The lowest BCUT2D eigenvalue weighted by atomic mass is 10.1. The van der Waals surface area contributed by atoms with Crippen molar-refractivity contribution < 1.29 is 50.5 Å². The molecule has 55 heavy (non-hydrogen) atoms. The minimum absolute atomic E-state index is 0.0170. The minimum Gasteiger partial charge on any atom is -0.465 e. The van der Waals surface area contributed by atoms with Crippen LogP contribution in [0.15, 0.2) is 40.9 Å². The normalized spacial score (nSPS) is 19.3. The third kappa shape index (κ3) is 12.3. The van der Waals surface area contributed by atoms with E-state index in [1.807, 2.05) is 17.0 Å². The van der Waals surface area contributed by atoms with Crippen LogP contribution in [0, 0.1) is 6.92 Å². The number of amides is 2. The Bertz CT molecular complexity index is 1560. The number of hydrogen-bond acceptors (Lipinski definition) is 8. The van der Waals surface area contributed by atoms with Gasteiger partial charge in [-0.05, 0) is 67.1 Å². The zero-order chi connectivity index (χ0) is 39.8. The molecule has 0 atom stereocenters. The second kappa shape index (κ2) is 19.1. The van der Waals surface area contributed by atoms with E-state index in [4.69, 9.17) is 9.84 Å². The van der Waals surface area contributed by atoms with Gasteiger partial charge in [-0.3, -0.25) is 9.80 Å². The zero-order valence-electron chi connectivity index (χ0n) is 30.9. The first kappa shape index (κ1) is 42.7. The molecule has 4 heterocycles. The molecular weight excluding hydrogens is 802 g/mol. The molecule has 4 saturated heterocycles. The van der Waals surface area contributed by atoms with Crippen LogP contribution in [0.3, 0.4) is 0 Å². The van der Waals surface area contributed by atoms with E-state index in [0.29, 0.717) is 32.7 Å². The third-order valence-corrected chi connectivity index (χ3v) is 10.8. The molecule has 4 aliphatic rings. The Kier molecular flexibility index (Phi) is 14.8. The lowest BCUT2D eigenvalue weighted by Crippen LogP contribution is -2.52. The van der Waals surface area contributed by atoms with Crippen LogP contribution >= 0.6 is 15.9 Å². The van der Waals surface area contributed by atoms with E-state index >= 15 is 0 Å². The summed E-state index contributed by atoms with van der Waals surface area (Å²) in [6, 6.07) is 12.7. The highest BCUT2D eigenvalue weighted by Crippen LogP contribution is 2.36. The SMILES string of the molecule is Cc1cc(N2CCOCC2)ccc1CN1CCN(C(=O)O)CC1.O=C(OC(C(F)(F)F)C(F)(F)F)N1CCN(Cc2ccc(Br)cc2N2CCCCC2)CC1. The van der Waals surface area contributed by atoms with Crippen LogP contribution in [0.5, 0.6) is 0 Å². The largest absolute Gasteiger partial charge is 0.465 e. The van der Waals surface area contributed by atoms with E-state index in [1.165, 1.54) is 28.1 Å². The number of rotatable bonds is 7. The maximum Gasteiger partial charge on any atom is 0.434 e. The average molecular weight is 852 g/mol. The summed E-state index contributed by atoms with van der Waals surface area (Å²) >= 11 is 3.50. The maximum absolute atomic E-state index is 12.6. The molecule has 6 rings (SSSR count). The number of anilines is 2. The molecule has 0 bridgehead atoms. The number of piperazine rings is 2. The van der Waals surface area contributed by atoms with Gasteiger partial charge in [-0.15, -0.1) is 0 Å². The molecule has 4 aliphatic heterocycles. The van der Waals surface area contributed by atoms with Crippen molar-refractivity contribution in [2.75, 3.05) is 102 Å². The van der Waals surface area contributed by atoms with Crippen LogP contribution in [0.4, 0.5) is 47.3 Å². The molecule has 18 heteroatoms. The molecule has 0 unspecified atom stereocenters. The second-order valence-corrected chi connectivity index (χ2v) is 15.1. The van der Waals surface area contributed by atoms with Crippen molar-refractivity contribution in [3.63, 3.8) is 0 Å². The zero-order valence-corrected chi connectivity index (χ0v) is 32.5. The van der Waals surface area contributed by atoms with Crippen LogP contribution in [-0.4, -0.2) is 147 Å². The molecule has 0 saturated carbocycles. The first-order chi connectivity index (χ1) is 26.1. The number of morpholine rings is 1. The maximum atomic E-state index is 12.6. The number of benzene rings is 2. The fourth-order valence-electron chi connectivity index (χ4n) is 7.14. The number of carbonyl (C=O) groups is 2. The number of halogens is 7. The number of nitrogens with zero attached hydrogens (tertiary/aromatic N) is 6. The summed E-state index contributed by atoms with van der Waals surface area (Å²) in [5.41, 5.74) is 6.09. The van der Waals surface area contributed by atoms with Gasteiger partial charge in [-0.1, -0.05) is 28.1 Å². The highest BCUT2D eigenvalue weighted by atomic mass is 79.9. The lowest BCUT2D eigenvalue weighted by Gasteiger charge is -2.36. The van der Waals surface area contributed by atoms with Gasteiger partial charge in [0.2, 0.25) is 0 Å². The first-order valence-corrected chi connectivity index (χ1v) is 19.3. The van der Waals surface area contributed by atoms with Gasteiger partial charge in [0.15, 0.2) is 0 Å². The van der Waals surface area contributed by atoms with Gasteiger partial charge in [0.05, 0.1) is 13.2 Å². The summed E-state index contributed by atoms with van der Waals surface area (Å²) in [7, 11) is 0. The van der Waals surface area contributed by atoms with E-state index in [1.54, 1.807) is 0 Å². The van der Waals surface area contributed by atoms with Crippen LogP contribution in [0.2, 0.25) is 0 Å². The molecule has 0 radical (unpaired) electrons. The number of carboxylic acid groups (broad SMARTS) is 1. The number of ether oxygens (including phenoxy) is 2. The Balaban J connectivity index is 0.000000222. The van der Waals surface area contributed by atoms with Crippen LogP contribution in [0.1, 0.15) is 36.0 Å². The van der Waals surface area contributed by atoms with Gasteiger partial charge in [-0.25, -0.2) is 9.59 Å². The van der Waals surface area contributed by atoms with E-state index < -0.39 is 30.6 Å². The van der Waals surface area contributed by atoms with E-state index in [-0.39, 0.29) is 13.1 Å². The molecule has 0 spiro atoms. The summed E-state index contributed by atoms with van der Waals surface area (Å²) in [6.07, 6.45) is -14.6. The molecule has 2 amide bonds. The van der Waals surface area contributed by atoms with Crippen molar-refractivity contribution in [3.05, 3.63) is 57.6 Å². The fraction of sp³-hybridized carbons (Fsp3) is 0.622. The van der Waals surface area contributed by atoms with Crippen LogP contribution in [-0.2, 0) is 22.6 Å². The number of alkyl halides is 6. The molecule has 306 valence electrons. The molecule has 11 nitrogen and oxygen atoms in total. The monoisotopic (exact) mass is 850 g/mol. The summed E-state index contributed by atoms with van der Waals surface area (Å²) in [6.45, 7) is 12.4. The highest BCUT2D eigenvalue weighted by molar-refractivity contribution is 9.10. The van der Waals surface area contributed by atoms with Crippen molar-refractivity contribution in [3.8, 4) is 0 Å². The second-order valence-electron chi connectivity index (χ2n) is 14.2. The number of carbonyl (C=O) groups excluding carboxylic acids is 1. The van der Waals surface area contributed by atoms with Gasteiger partial charge >= 0.3 is 24.5 Å². The van der Waals surface area contributed by atoms with Gasteiger partial charge in [-0.2, -0.15) is 26.3 Å². The van der Waals surface area contributed by atoms with Gasteiger partial charge in [0.1, 0.15) is 0 Å². The first-order valence-electron chi connectivity index (χ1n) is 18.6. The molecular formula is C37H49BrF6N6O5. The van der Waals surface area contributed by atoms with E-state index in [2.05, 4.69) is 66.6 Å². The number of aryl methyl sites for hydroxylation is 1. The van der Waals surface area contributed by atoms with E-state index in [0.717, 1.165) is 92.5 Å². The smallest absolute Gasteiger partial charge is 0.434 e. The van der Waals surface area contributed by atoms with Crippen LogP contribution in [0.25, 0.3) is 0 Å². The predicted molar refractivity (Wildman–Crippen MR) is 199 cm³/mol. The Hall–Kier alpha value is -3.48. The summed E-state index contributed by atoms with van der Waals surface area (Å²) in [5.74, 6) is 0. The Morgan fingerprint density at radius 2 is 1.27 bits per heavy atom. The number of piperidine rings is 1. The van der Waals surface area contributed by atoms with Gasteiger partial charge < -0.3 is 34.2 Å². The van der Waals surface area contributed by atoms with Crippen molar-refractivity contribution >= 4 is 39.5 Å². The van der Waals surface area contributed by atoms with Crippen molar-refractivity contribution in [2.45, 2.75) is 57.7 Å². The molecule has 0 aromatic heterocycles. The summed E-state index contributed by atoms with van der Waals surface area (Å²) < 4.78 is 86.0. The Morgan fingerprint density at radius 1 is 0.727 bits per heavy atom. The highest BCUT2D eigenvalue weighted by Gasteiger charge is 2.60. The van der Waals surface area contributed by atoms with Gasteiger partial charge in [0.25, 0.3) is 6.10 Å². The summed E-state index contributed by atoms with van der Waals surface area (Å²) in [5, 5.41) is 9.01. The number of hydrogen-bond donors (Lipinski definition) is 1. The summed E-state index contributed by atoms with van der Waals surface area (Å²) in [4.78, 5) is 34.3. The standard InChI is InChI=1S/C20H24BrF6N3O2.C17H25N3O3/c21-15-5-4-14(16(12-15)29-6-2-1-3-7-29)13-28-8-10-30(11-9-28)18(31)32-17(19(22,23)24)20(25,26)27;1-14-12-16(19-8-10-23-11-9-19)3-2-15(14)13-18-4-6-20(7-5-18)17(21)22/h4-5,12,17H,1-3,6-11,13H2;2-3,12H,4-11,13H2,1H3,(H,21,22). The molecule has 2 aromatic rings. The molecule has 4 fully saturated rings.